The van der Waals surface area contributed by atoms with E-state index < -0.39 is 11.9 Å². The Kier molecular flexibility index (Phi) is 6.87. The molecule has 1 aliphatic rings. The van der Waals surface area contributed by atoms with E-state index in [1.54, 1.807) is 42.5 Å². The van der Waals surface area contributed by atoms with Gasteiger partial charge in [0, 0.05) is 11.1 Å². The predicted octanol–water partition coefficient (Wildman–Crippen LogP) is 5.96. The van der Waals surface area contributed by atoms with Crippen LogP contribution in [0.25, 0.3) is 0 Å². The molecule has 5 rings (SSSR count). The molecule has 0 unspecified atom stereocenters. The zero-order chi connectivity index (χ0) is 25.8. The molecular weight excluding hydrogens is 492 g/mol. The summed E-state index contributed by atoms with van der Waals surface area (Å²) in [6.45, 7) is 0. The first-order valence-electron chi connectivity index (χ1n) is 11.4. The molecule has 7 nitrogen and oxygen atoms in total. The molecule has 0 aliphatic carbocycles. The second kappa shape index (κ2) is 10.6. The van der Waals surface area contributed by atoms with E-state index in [9.17, 15) is 9.59 Å². The van der Waals surface area contributed by atoms with E-state index in [-0.39, 0.29) is 17.2 Å². The van der Waals surface area contributed by atoms with E-state index in [2.05, 4.69) is 10.5 Å². The van der Waals surface area contributed by atoms with Gasteiger partial charge in [-0.15, -0.1) is 0 Å². The van der Waals surface area contributed by atoms with Crippen LogP contribution in [0.1, 0.15) is 33.0 Å². The molecule has 0 saturated carbocycles. The Morgan fingerprint density at radius 2 is 1.54 bits per heavy atom. The fourth-order valence-electron chi connectivity index (χ4n) is 4.06. The molecule has 37 heavy (non-hydrogen) atoms. The van der Waals surface area contributed by atoms with E-state index in [4.69, 9.17) is 25.8 Å². The first-order valence-corrected chi connectivity index (χ1v) is 11.8. The van der Waals surface area contributed by atoms with Crippen LogP contribution < -0.4 is 19.6 Å². The number of carbonyl (C=O) groups is 2. The number of carbonyl (C=O) groups excluding carboxylic acids is 2. The molecule has 4 aromatic carbocycles. The van der Waals surface area contributed by atoms with Crippen molar-refractivity contribution < 1.29 is 23.8 Å². The number of amides is 1. The van der Waals surface area contributed by atoms with Gasteiger partial charge in [0.2, 0.25) is 0 Å². The molecule has 0 atom stereocenters. The van der Waals surface area contributed by atoms with Crippen molar-refractivity contribution in [2.24, 2.45) is 5.10 Å². The van der Waals surface area contributed by atoms with Gasteiger partial charge in [-0.1, -0.05) is 60.1 Å². The van der Waals surface area contributed by atoms with Crippen LogP contribution in [0.4, 0.5) is 0 Å². The van der Waals surface area contributed by atoms with Gasteiger partial charge >= 0.3 is 5.97 Å². The summed E-state index contributed by atoms with van der Waals surface area (Å²) in [6.07, 6.45) is 1.48. The van der Waals surface area contributed by atoms with Gasteiger partial charge in [-0.3, -0.25) is 4.79 Å². The number of nitrogens with zero attached hydrogens (tertiary/aromatic N) is 1. The highest BCUT2D eigenvalue weighted by atomic mass is 35.5. The lowest BCUT2D eigenvalue weighted by Gasteiger charge is -2.26. The summed E-state index contributed by atoms with van der Waals surface area (Å²) in [5.41, 5.74) is 5.03. The Morgan fingerprint density at radius 1 is 0.892 bits per heavy atom. The highest BCUT2D eigenvalue weighted by Gasteiger charge is 2.32. The molecule has 184 valence electrons. The maximum Gasteiger partial charge on any atom is 0.345 e. The monoisotopic (exact) mass is 512 g/mol. The molecule has 0 spiro atoms. The van der Waals surface area contributed by atoms with Crippen molar-refractivity contribution in [1.29, 1.82) is 0 Å². The van der Waals surface area contributed by atoms with Crippen molar-refractivity contribution in [2.75, 3.05) is 7.11 Å². The largest absolute Gasteiger partial charge is 0.493 e. The number of fused-ring (bicyclic) bond motifs is 2. The smallest absolute Gasteiger partial charge is 0.345 e. The number of halogens is 1. The number of hydrogen-bond donors (Lipinski definition) is 1. The molecule has 0 aromatic heterocycles. The first-order chi connectivity index (χ1) is 18.0. The van der Waals surface area contributed by atoms with E-state index in [1.165, 1.54) is 13.3 Å². The summed E-state index contributed by atoms with van der Waals surface area (Å²) in [6, 6.07) is 26.4. The van der Waals surface area contributed by atoms with Gasteiger partial charge in [-0.2, -0.15) is 5.10 Å². The minimum atomic E-state index is -0.602. The van der Waals surface area contributed by atoms with Crippen molar-refractivity contribution >= 4 is 29.7 Å². The Balaban J connectivity index is 1.31. The molecule has 1 N–H and O–H groups in total. The lowest BCUT2D eigenvalue weighted by molar-refractivity contribution is -0.121. The summed E-state index contributed by atoms with van der Waals surface area (Å²) in [5.74, 6) is 0.353. The van der Waals surface area contributed by atoms with E-state index in [0.717, 1.165) is 11.1 Å². The number of benzene rings is 4. The van der Waals surface area contributed by atoms with Gasteiger partial charge in [0.15, 0.2) is 11.5 Å². The third kappa shape index (κ3) is 5.03. The zero-order valence-corrected chi connectivity index (χ0v) is 20.4. The summed E-state index contributed by atoms with van der Waals surface area (Å²) in [7, 11) is 1.46. The van der Waals surface area contributed by atoms with Gasteiger partial charge in [-0.25, -0.2) is 10.2 Å². The maximum atomic E-state index is 13.2. The Bertz CT molecular complexity index is 1470. The molecule has 0 fully saturated rings. The van der Waals surface area contributed by atoms with Gasteiger partial charge in [0.25, 0.3) is 5.91 Å². The standard InChI is InChI=1S/C29H21ClN2O5/c1-35-26-16-18(14-15-25(26)37-29(34)19-8-2-5-11-22(19)30)17-31-32-28(33)27-20-9-3-6-12-23(20)36-24-13-7-4-10-21(24)27/h2-17,27H,1H3,(H,32,33). The van der Waals surface area contributed by atoms with Crippen LogP contribution in [-0.4, -0.2) is 25.2 Å². The summed E-state index contributed by atoms with van der Waals surface area (Å²) in [4.78, 5) is 25.7. The van der Waals surface area contributed by atoms with Crippen LogP contribution in [0.5, 0.6) is 23.0 Å². The maximum absolute atomic E-state index is 13.2. The lowest BCUT2D eigenvalue weighted by Crippen LogP contribution is -2.28. The molecule has 1 amide bonds. The van der Waals surface area contributed by atoms with Crippen molar-refractivity contribution in [3.63, 3.8) is 0 Å². The summed E-state index contributed by atoms with van der Waals surface area (Å²) < 4.78 is 16.8. The van der Waals surface area contributed by atoms with Crippen LogP contribution >= 0.6 is 11.6 Å². The number of methoxy groups -OCH3 is 1. The molecule has 0 bridgehead atoms. The number of ether oxygens (including phenoxy) is 3. The van der Waals surface area contributed by atoms with Crippen molar-refractivity contribution in [3.05, 3.63) is 118 Å². The van der Waals surface area contributed by atoms with E-state index >= 15 is 0 Å². The minimum absolute atomic E-state index is 0.226. The molecule has 8 heteroatoms. The number of para-hydroxylation sites is 2. The SMILES string of the molecule is COc1cc(C=NNC(=O)C2c3ccccc3Oc3ccccc32)ccc1OC(=O)c1ccccc1Cl. The first kappa shape index (κ1) is 24.1. The lowest BCUT2D eigenvalue weighted by atomic mass is 9.87. The van der Waals surface area contributed by atoms with Crippen LogP contribution in [0.3, 0.4) is 0 Å². The normalized spacial score (nSPS) is 12.3. The number of rotatable bonds is 6. The molecule has 1 heterocycles. The van der Waals surface area contributed by atoms with Gasteiger partial charge in [0.1, 0.15) is 11.5 Å². The number of nitrogens with one attached hydrogen (secondary N) is 1. The van der Waals surface area contributed by atoms with E-state index in [1.807, 2.05) is 48.5 Å². The van der Waals surface area contributed by atoms with Crippen molar-refractivity contribution in [2.45, 2.75) is 5.92 Å². The van der Waals surface area contributed by atoms with Crippen LogP contribution in [-0.2, 0) is 4.79 Å². The van der Waals surface area contributed by atoms with Crippen LogP contribution in [0.15, 0.2) is 96.1 Å². The Labute approximate surface area is 218 Å². The molecule has 0 saturated heterocycles. The third-order valence-electron chi connectivity index (χ3n) is 5.81. The summed E-state index contributed by atoms with van der Waals surface area (Å²) in [5, 5.41) is 4.43. The van der Waals surface area contributed by atoms with Crippen LogP contribution in [0.2, 0.25) is 5.02 Å². The van der Waals surface area contributed by atoms with Gasteiger partial charge < -0.3 is 14.2 Å². The van der Waals surface area contributed by atoms with Gasteiger partial charge in [-0.05, 0) is 48.0 Å². The fourth-order valence-corrected chi connectivity index (χ4v) is 4.27. The fraction of sp³-hybridized carbons (Fsp3) is 0.0690. The van der Waals surface area contributed by atoms with E-state index in [0.29, 0.717) is 27.8 Å². The number of hydrogen-bond acceptors (Lipinski definition) is 6. The Morgan fingerprint density at radius 3 is 2.22 bits per heavy atom. The van der Waals surface area contributed by atoms with Crippen molar-refractivity contribution in [3.8, 4) is 23.0 Å². The molecule has 1 aliphatic heterocycles. The number of hydrazone groups is 1. The second-order valence-electron chi connectivity index (χ2n) is 8.12. The highest BCUT2D eigenvalue weighted by molar-refractivity contribution is 6.33. The number of esters is 1. The second-order valence-corrected chi connectivity index (χ2v) is 8.53. The average Bonchev–Trinajstić information content (AvgIpc) is 2.92. The quantitative estimate of drug-likeness (QED) is 0.149. The van der Waals surface area contributed by atoms with Crippen molar-refractivity contribution in [1.82, 2.24) is 5.43 Å². The Hall–Kier alpha value is -4.62. The molecule has 4 aromatic rings. The predicted molar refractivity (Wildman–Crippen MR) is 140 cm³/mol. The van der Waals surface area contributed by atoms with Crippen LogP contribution in [0, 0.1) is 0 Å². The summed E-state index contributed by atoms with van der Waals surface area (Å²) >= 11 is 6.09. The highest BCUT2D eigenvalue weighted by Crippen LogP contribution is 2.43. The molecule has 0 radical (unpaired) electrons. The van der Waals surface area contributed by atoms with Gasteiger partial charge in [0.05, 0.1) is 29.8 Å². The average molecular weight is 513 g/mol. The molecular formula is C29H21ClN2O5. The minimum Gasteiger partial charge on any atom is -0.493 e. The third-order valence-corrected chi connectivity index (χ3v) is 6.14. The topological polar surface area (TPSA) is 86.2 Å². The zero-order valence-electron chi connectivity index (χ0n) is 19.7.